The van der Waals surface area contributed by atoms with Crippen LogP contribution in [-0.4, -0.2) is 43.5 Å². The van der Waals surface area contributed by atoms with Crippen LogP contribution in [0.5, 0.6) is 0 Å². The molecule has 6 heteroatoms. The monoisotopic (exact) mass is 261 g/mol. The molecule has 100 valence electrons. The van der Waals surface area contributed by atoms with Crippen LogP contribution < -0.4 is 0 Å². The summed E-state index contributed by atoms with van der Waals surface area (Å²) in [6.45, 7) is 1.72. The summed E-state index contributed by atoms with van der Waals surface area (Å²) in [5.41, 5.74) is 1.34. The zero-order chi connectivity index (χ0) is 13.4. The van der Waals surface area contributed by atoms with Gasteiger partial charge in [0.15, 0.2) is 0 Å². The molecule has 4 atom stereocenters. The van der Waals surface area contributed by atoms with E-state index in [1.807, 2.05) is 30.3 Å². The third-order valence-electron chi connectivity index (χ3n) is 3.29. The quantitative estimate of drug-likeness (QED) is 0.820. The van der Waals surface area contributed by atoms with Crippen LogP contribution >= 0.6 is 0 Å². The highest BCUT2D eigenvalue weighted by Gasteiger charge is 2.42. The van der Waals surface area contributed by atoms with Crippen molar-refractivity contribution in [2.45, 2.75) is 31.3 Å². The summed E-state index contributed by atoms with van der Waals surface area (Å²) >= 11 is 0. The molecule has 6 nitrogen and oxygen atoms in total. The molecule has 0 amide bonds. The van der Waals surface area contributed by atoms with E-state index in [4.69, 9.17) is 4.74 Å². The molecule has 1 aliphatic rings. The highest BCUT2D eigenvalue weighted by Crippen LogP contribution is 2.32. The number of aliphatic hydroxyl groups excluding tert-OH is 2. The predicted octanol–water partition coefficient (Wildman–Crippen LogP) is 0.449. The molecule has 0 spiro atoms. The van der Waals surface area contributed by atoms with E-state index in [9.17, 15) is 10.2 Å². The molecular weight excluding hydrogens is 246 g/mol. The molecule has 0 saturated carbocycles. The minimum Gasteiger partial charge on any atom is -0.388 e. The Morgan fingerprint density at radius 2 is 1.89 bits per heavy atom. The van der Waals surface area contributed by atoms with Gasteiger partial charge in [0.2, 0.25) is 0 Å². The maximum atomic E-state index is 9.91. The van der Waals surface area contributed by atoms with E-state index in [-0.39, 0.29) is 0 Å². The van der Waals surface area contributed by atoms with Crippen LogP contribution in [-0.2, 0) is 4.74 Å². The SMILES string of the molecule is C[C@@H]1O[C@H](c2cnn(-c3ccccc3)n2)[C@H](O)[C@H]1O. The predicted molar refractivity (Wildman–Crippen MR) is 66.7 cm³/mol. The lowest BCUT2D eigenvalue weighted by Crippen LogP contribution is -2.28. The summed E-state index contributed by atoms with van der Waals surface area (Å²) in [5, 5.41) is 28.0. The number of para-hydroxylation sites is 1. The van der Waals surface area contributed by atoms with Crippen LogP contribution in [0.25, 0.3) is 5.69 Å². The molecule has 1 saturated heterocycles. The van der Waals surface area contributed by atoms with Gasteiger partial charge in [0, 0.05) is 0 Å². The Hall–Kier alpha value is -1.76. The molecule has 2 heterocycles. The summed E-state index contributed by atoms with van der Waals surface area (Å²) in [6.07, 6.45) is -1.38. The Morgan fingerprint density at radius 1 is 1.16 bits per heavy atom. The molecule has 1 aliphatic heterocycles. The first-order valence-electron chi connectivity index (χ1n) is 6.16. The van der Waals surface area contributed by atoms with E-state index in [1.165, 1.54) is 4.80 Å². The average molecular weight is 261 g/mol. The van der Waals surface area contributed by atoms with Gasteiger partial charge in [-0.05, 0) is 19.1 Å². The van der Waals surface area contributed by atoms with Crippen molar-refractivity contribution in [3.63, 3.8) is 0 Å². The number of benzene rings is 1. The molecule has 1 aromatic heterocycles. The lowest BCUT2D eigenvalue weighted by molar-refractivity contribution is 0.0123. The third kappa shape index (κ3) is 2.14. The molecule has 0 radical (unpaired) electrons. The summed E-state index contributed by atoms with van der Waals surface area (Å²) in [6, 6.07) is 9.46. The second-order valence-electron chi connectivity index (χ2n) is 4.64. The number of ether oxygens (including phenoxy) is 1. The maximum Gasteiger partial charge on any atom is 0.132 e. The van der Waals surface area contributed by atoms with Gasteiger partial charge in [0.05, 0.1) is 18.0 Å². The molecule has 1 aromatic carbocycles. The van der Waals surface area contributed by atoms with Gasteiger partial charge in [-0.25, -0.2) is 0 Å². The molecular formula is C13H15N3O3. The van der Waals surface area contributed by atoms with E-state index < -0.39 is 24.4 Å². The first kappa shape index (κ1) is 12.3. The number of hydrogen-bond acceptors (Lipinski definition) is 5. The van der Waals surface area contributed by atoms with E-state index in [0.717, 1.165) is 5.69 Å². The molecule has 0 bridgehead atoms. The Kier molecular flexibility index (Phi) is 3.06. The largest absolute Gasteiger partial charge is 0.388 e. The topological polar surface area (TPSA) is 80.4 Å². The summed E-state index contributed by atoms with van der Waals surface area (Å²) in [7, 11) is 0. The summed E-state index contributed by atoms with van der Waals surface area (Å²) in [5.74, 6) is 0. The zero-order valence-electron chi connectivity index (χ0n) is 10.4. The molecule has 3 rings (SSSR count). The second-order valence-corrected chi connectivity index (χ2v) is 4.64. The minimum atomic E-state index is -0.976. The lowest BCUT2D eigenvalue weighted by atomic mass is 10.1. The Balaban J connectivity index is 1.86. The molecule has 0 unspecified atom stereocenters. The van der Waals surface area contributed by atoms with Crippen molar-refractivity contribution in [1.29, 1.82) is 0 Å². The van der Waals surface area contributed by atoms with Gasteiger partial charge in [-0.2, -0.15) is 15.0 Å². The number of aromatic nitrogens is 3. The zero-order valence-corrected chi connectivity index (χ0v) is 10.4. The summed E-state index contributed by atoms with van der Waals surface area (Å²) < 4.78 is 5.51. The number of nitrogens with zero attached hydrogens (tertiary/aromatic N) is 3. The molecule has 1 fully saturated rings. The number of hydrogen-bond donors (Lipinski definition) is 2. The molecule has 0 aliphatic carbocycles. The Bertz CT molecular complexity index is 557. The van der Waals surface area contributed by atoms with Gasteiger partial charge in [-0.15, -0.1) is 0 Å². The fourth-order valence-corrected chi connectivity index (χ4v) is 2.18. The third-order valence-corrected chi connectivity index (χ3v) is 3.29. The van der Waals surface area contributed by atoms with E-state index in [2.05, 4.69) is 10.2 Å². The van der Waals surface area contributed by atoms with Gasteiger partial charge in [0.1, 0.15) is 24.0 Å². The molecule has 19 heavy (non-hydrogen) atoms. The van der Waals surface area contributed by atoms with Crippen molar-refractivity contribution in [2.75, 3.05) is 0 Å². The van der Waals surface area contributed by atoms with Crippen LogP contribution in [0.2, 0.25) is 0 Å². The van der Waals surface area contributed by atoms with Crippen LogP contribution in [0.4, 0.5) is 0 Å². The van der Waals surface area contributed by atoms with Crippen molar-refractivity contribution < 1.29 is 14.9 Å². The smallest absolute Gasteiger partial charge is 0.132 e. The number of rotatable bonds is 2. The first-order valence-corrected chi connectivity index (χ1v) is 6.16. The fraction of sp³-hybridized carbons (Fsp3) is 0.385. The van der Waals surface area contributed by atoms with E-state index in [0.29, 0.717) is 5.69 Å². The minimum absolute atomic E-state index is 0.415. The van der Waals surface area contributed by atoms with E-state index >= 15 is 0 Å². The van der Waals surface area contributed by atoms with Crippen LogP contribution in [0.3, 0.4) is 0 Å². The van der Waals surface area contributed by atoms with E-state index in [1.54, 1.807) is 13.1 Å². The van der Waals surface area contributed by atoms with Crippen molar-refractivity contribution in [1.82, 2.24) is 15.0 Å². The van der Waals surface area contributed by atoms with Crippen molar-refractivity contribution in [3.05, 3.63) is 42.2 Å². The standard InChI is InChI=1S/C13H15N3O3/c1-8-11(17)12(18)13(19-8)10-7-14-16(15-10)9-5-3-2-4-6-9/h2-8,11-13,17-18H,1H3/t8-,11-,12+,13+/m0/s1. The van der Waals surface area contributed by atoms with Gasteiger partial charge >= 0.3 is 0 Å². The van der Waals surface area contributed by atoms with Gasteiger partial charge in [-0.1, -0.05) is 18.2 Å². The van der Waals surface area contributed by atoms with Crippen LogP contribution in [0, 0.1) is 0 Å². The van der Waals surface area contributed by atoms with Gasteiger partial charge < -0.3 is 14.9 Å². The lowest BCUT2D eigenvalue weighted by Gasteiger charge is -2.11. The Labute approximate surface area is 110 Å². The van der Waals surface area contributed by atoms with Gasteiger partial charge in [0.25, 0.3) is 0 Å². The molecule has 2 aromatic rings. The van der Waals surface area contributed by atoms with Crippen LogP contribution in [0.1, 0.15) is 18.7 Å². The summed E-state index contributed by atoms with van der Waals surface area (Å²) in [4.78, 5) is 1.47. The normalized spacial score (nSPS) is 30.7. The second kappa shape index (κ2) is 4.73. The maximum absolute atomic E-state index is 9.91. The van der Waals surface area contributed by atoms with Crippen LogP contribution in [0.15, 0.2) is 36.5 Å². The number of aliphatic hydroxyl groups is 2. The molecule has 2 N–H and O–H groups in total. The highest BCUT2D eigenvalue weighted by molar-refractivity contribution is 5.28. The van der Waals surface area contributed by atoms with Crippen molar-refractivity contribution >= 4 is 0 Å². The van der Waals surface area contributed by atoms with Crippen molar-refractivity contribution in [3.8, 4) is 5.69 Å². The van der Waals surface area contributed by atoms with Gasteiger partial charge in [-0.3, -0.25) is 0 Å². The van der Waals surface area contributed by atoms with Crippen molar-refractivity contribution in [2.24, 2.45) is 0 Å². The Morgan fingerprint density at radius 3 is 2.53 bits per heavy atom. The average Bonchev–Trinajstić information content (AvgIpc) is 3.01. The first-order chi connectivity index (χ1) is 9.16. The fourth-order valence-electron chi connectivity index (χ4n) is 2.18. The highest BCUT2D eigenvalue weighted by atomic mass is 16.5.